The number of carbonyl (C=O) groups excluding carboxylic acids is 1. The summed E-state index contributed by atoms with van der Waals surface area (Å²) in [5.74, 6) is -0.921. The van der Waals surface area contributed by atoms with Crippen molar-refractivity contribution in [3.8, 4) is 0 Å². The Hall–Kier alpha value is -0.840. The van der Waals surface area contributed by atoms with Crippen molar-refractivity contribution in [2.45, 2.75) is 31.8 Å². The maximum Gasteiger partial charge on any atom is 0.255 e. The minimum atomic E-state index is -0.643. The van der Waals surface area contributed by atoms with Crippen LogP contribution in [0.25, 0.3) is 0 Å². The number of piperidine rings is 1. The summed E-state index contributed by atoms with van der Waals surface area (Å²) < 4.78 is 13.5. The maximum absolute atomic E-state index is 13.5. The Kier molecular flexibility index (Phi) is 4.33. The van der Waals surface area contributed by atoms with Gasteiger partial charge in [-0.3, -0.25) is 4.79 Å². The Morgan fingerprint density at radius 2 is 2.11 bits per heavy atom. The van der Waals surface area contributed by atoms with Crippen LogP contribution in [0.3, 0.4) is 0 Å². The zero-order chi connectivity index (χ0) is 14.2. The third-order valence-electron chi connectivity index (χ3n) is 3.42. The van der Waals surface area contributed by atoms with E-state index in [-0.39, 0.29) is 33.6 Å². The molecule has 0 radical (unpaired) electrons. The van der Waals surface area contributed by atoms with Crippen LogP contribution in [0.1, 0.15) is 30.1 Å². The second-order valence-corrected chi connectivity index (χ2v) is 5.69. The number of hydrogen-bond donors (Lipinski definition) is 1. The molecule has 6 heteroatoms. The van der Waals surface area contributed by atoms with Crippen LogP contribution in [-0.2, 0) is 0 Å². The molecular formula is C13H15Cl2FN2O. The van der Waals surface area contributed by atoms with Crippen LogP contribution in [0.4, 0.5) is 4.39 Å². The summed E-state index contributed by atoms with van der Waals surface area (Å²) in [5, 5.41) is 0.0775. The van der Waals surface area contributed by atoms with Crippen LogP contribution in [0.15, 0.2) is 12.1 Å². The third kappa shape index (κ3) is 3.02. The molecule has 1 fully saturated rings. The minimum absolute atomic E-state index is 0.0195. The monoisotopic (exact) mass is 304 g/mol. The molecule has 19 heavy (non-hydrogen) atoms. The molecule has 0 bridgehead atoms. The Morgan fingerprint density at radius 3 is 2.74 bits per heavy atom. The molecule has 2 rings (SSSR count). The zero-order valence-corrected chi connectivity index (χ0v) is 12.0. The molecule has 3 nitrogen and oxygen atoms in total. The molecule has 0 aromatic heterocycles. The number of halogens is 3. The standard InChI is InChI=1S/C13H15Cl2FN2O/c1-7-4-8(17)2-3-18(7)13(19)9-5-12(16)11(15)6-10(9)14/h5-8H,2-4,17H2,1H3/t7-,8+/m1/s1. The fourth-order valence-corrected chi connectivity index (χ4v) is 2.82. The lowest BCUT2D eigenvalue weighted by atomic mass is 9.98. The molecular weight excluding hydrogens is 290 g/mol. The van der Waals surface area contributed by atoms with E-state index in [1.165, 1.54) is 6.07 Å². The molecule has 1 saturated heterocycles. The minimum Gasteiger partial charge on any atom is -0.336 e. The highest BCUT2D eigenvalue weighted by molar-refractivity contribution is 6.36. The number of hydrogen-bond acceptors (Lipinski definition) is 2. The number of rotatable bonds is 1. The first-order valence-corrected chi connectivity index (χ1v) is 6.87. The van der Waals surface area contributed by atoms with Crippen molar-refractivity contribution in [2.75, 3.05) is 6.54 Å². The van der Waals surface area contributed by atoms with Gasteiger partial charge in [0.05, 0.1) is 15.6 Å². The highest BCUT2D eigenvalue weighted by atomic mass is 35.5. The van der Waals surface area contributed by atoms with Gasteiger partial charge < -0.3 is 10.6 Å². The van der Waals surface area contributed by atoms with Gasteiger partial charge in [-0.25, -0.2) is 4.39 Å². The Morgan fingerprint density at radius 1 is 1.42 bits per heavy atom. The smallest absolute Gasteiger partial charge is 0.255 e. The van der Waals surface area contributed by atoms with Crippen LogP contribution >= 0.6 is 23.2 Å². The average Bonchev–Trinajstić information content (AvgIpc) is 2.33. The molecule has 1 aromatic carbocycles. The van der Waals surface area contributed by atoms with Gasteiger partial charge in [0, 0.05) is 18.6 Å². The van der Waals surface area contributed by atoms with Gasteiger partial charge in [-0.05, 0) is 31.9 Å². The van der Waals surface area contributed by atoms with Crippen LogP contribution < -0.4 is 5.73 Å². The molecule has 0 aliphatic carbocycles. The summed E-state index contributed by atoms with van der Waals surface area (Å²) in [6, 6.07) is 2.47. The van der Waals surface area contributed by atoms with E-state index in [9.17, 15) is 9.18 Å². The van der Waals surface area contributed by atoms with Crippen LogP contribution in [0.2, 0.25) is 10.0 Å². The summed E-state index contributed by atoms with van der Waals surface area (Å²) in [6.07, 6.45) is 1.48. The van der Waals surface area contributed by atoms with Gasteiger partial charge in [-0.2, -0.15) is 0 Å². The number of nitrogens with zero attached hydrogens (tertiary/aromatic N) is 1. The molecule has 1 aromatic rings. The predicted molar refractivity (Wildman–Crippen MR) is 74.1 cm³/mol. The molecule has 1 amide bonds. The predicted octanol–water partition coefficient (Wildman–Crippen LogP) is 3.08. The summed E-state index contributed by atoms with van der Waals surface area (Å²) in [6.45, 7) is 2.48. The van der Waals surface area contributed by atoms with Crippen molar-refractivity contribution in [1.29, 1.82) is 0 Å². The van der Waals surface area contributed by atoms with E-state index in [4.69, 9.17) is 28.9 Å². The Labute approximate surface area is 121 Å². The lowest BCUT2D eigenvalue weighted by molar-refractivity contribution is 0.0619. The van der Waals surface area contributed by atoms with Gasteiger partial charge >= 0.3 is 0 Å². The van der Waals surface area contributed by atoms with Gasteiger partial charge in [-0.15, -0.1) is 0 Å². The zero-order valence-electron chi connectivity index (χ0n) is 10.5. The van der Waals surface area contributed by atoms with E-state index < -0.39 is 5.82 Å². The van der Waals surface area contributed by atoms with Gasteiger partial charge in [0.2, 0.25) is 0 Å². The third-order valence-corrected chi connectivity index (χ3v) is 4.02. The molecule has 2 atom stereocenters. The van der Waals surface area contributed by atoms with E-state index in [0.717, 1.165) is 18.9 Å². The first-order chi connectivity index (χ1) is 8.90. The number of carbonyl (C=O) groups is 1. The lowest BCUT2D eigenvalue weighted by Gasteiger charge is -2.36. The van der Waals surface area contributed by atoms with Crippen molar-refractivity contribution in [3.63, 3.8) is 0 Å². The molecule has 0 spiro atoms. The average molecular weight is 305 g/mol. The quantitative estimate of drug-likeness (QED) is 0.811. The SMILES string of the molecule is C[C@@H]1C[C@@H](N)CCN1C(=O)c1cc(F)c(Cl)cc1Cl. The summed E-state index contributed by atoms with van der Waals surface area (Å²) in [4.78, 5) is 14.1. The van der Waals surface area contributed by atoms with E-state index in [2.05, 4.69) is 0 Å². The first-order valence-electron chi connectivity index (χ1n) is 6.11. The lowest BCUT2D eigenvalue weighted by Crippen LogP contribution is -2.48. The van der Waals surface area contributed by atoms with Gasteiger partial charge in [-0.1, -0.05) is 23.2 Å². The number of amides is 1. The van der Waals surface area contributed by atoms with Gasteiger partial charge in [0.15, 0.2) is 0 Å². The Balaban J connectivity index is 2.27. The normalized spacial score (nSPS) is 23.5. The number of nitrogens with two attached hydrogens (primary N) is 1. The van der Waals surface area contributed by atoms with Gasteiger partial charge in [0.25, 0.3) is 5.91 Å². The van der Waals surface area contributed by atoms with Crippen LogP contribution in [0, 0.1) is 5.82 Å². The van der Waals surface area contributed by atoms with E-state index in [1.54, 1.807) is 4.90 Å². The molecule has 1 aliphatic rings. The molecule has 1 aliphatic heterocycles. The highest BCUT2D eigenvalue weighted by Crippen LogP contribution is 2.27. The van der Waals surface area contributed by atoms with Crippen molar-refractivity contribution in [3.05, 3.63) is 33.6 Å². The molecule has 104 valence electrons. The Bertz CT molecular complexity index is 510. The topological polar surface area (TPSA) is 46.3 Å². The van der Waals surface area contributed by atoms with E-state index in [0.29, 0.717) is 6.54 Å². The van der Waals surface area contributed by atoms with Crippen LogP contribution in [-0.4, -0.2) is 29.4 Å². The van der Waals surface area contributed by atoms with Crippen molar-refractivity contribution >= 4 is 29.1 Å². The maximum atomic E-state index is 13.5. The van der Waals surface area contributed by atoms with Gasteiger partial charge in [0.1, 0.15) is 5.82 Å². The van der Waals surface area contributed by atoms with Crippen LogP contribution in [0.5, 0.6) is 0 Å². The largest absolute Gasteiger partial charge is 0.336 e. The van der Waals surface area contributed by atoms with E-state index in [1.807, 2.05) is 6.92 Å². The number of benzene rings is 1. The molecule has 2 N–H and O–H groups in total. The second-order valence-electron chi connectivity index (χ2n) is 4.88. The summed E-state index contributed by atoms with van der Waals surface area (Å²) in [7, 11) is 0. The van der Waals surface area contributed by atoms with Crippen molar-refractivity contribution in [1.82, 2.24) is 4.90 Å². The molecule has 1 heterocycles. The molecule has 0 saturated carbocycles. The molecule has 0 unspecified atom stereocenters. The highest BCUT2D eigenvalue weighted by Gasteiger charge is 2.29. The number of likely N-dealkylation sites (tertiary alicyclic amines) is 1. The van der Waals surface area contributed by atoms with Crippen molar-refractivity contribution < 1.29 is 9.18 Å². The fourth-order valence-electron chi connectivity index (χ4n) is 2.35. The second kappa shape index (κ2) is 5.65. The summed E-state index contributed by atoms with van der Waals surface area (Å²) >= 11 is 11.6. The van der Waals surface area contributed by atoms with E-state index >= 15 is 0 Å². The first kappa shape index (κ1) is 14.6. The fraction of sp³-hybridized carbons (Fsp3) is 0.462. The summed E-state index contributed by atoms with van der Waals surface area (Å²) in [5.41, 5.74) is 6.00. The van der Waals surface area contributed by atoms with Crippen molar-refractivity contribution in [2.24, 2.45) is 5.73 Å².